The van der Waals surface area contributed by atoms with Gasteiger partial charge in [-0.1, -0.05) is 52.5 Å². The maximum atomic E-state index is 6.84. The van der Waals surface area contributed by atoms with Gasteiger partial charge in [0.05, 0.1) is 0 Å². The largest absolute Gasteiger partial charge is 0.455 e. The highest BCUT2D eigenvalue weighted by atomic mass is 16.3. The minimum atomic E-state index is -0.190. The summed E-state index contributed by atoms with van der Waals surface area (Å²) in [5, 5.41) is 2.45. The van der Waals surface area contributed by atoms with Crippen LogP contribution in [0, 0.1) is 26.7 Å². The fraction of sp³-hybridized carbons (Fsp3) is 0.343. The van der Waals surface area contributed by atoms with Gasteiger partial charge in [0.25, 0.3) is 5.82 Å². The van der Waals surface area contributed by atoms with Gasteiger partial charge in [0.2, 0.25) is 0 Å². The number of rotatable bonds is 5. The Hall–Kier alpha value is -3.59. The van der Waals surface area contributed by atoms with Crippen LogP contribution in [-0.2, 0) is 5.54 Å². The molecule has 0 amide bonds. The predicted molar refractivity (Wildman–Crippen MR) is 161 cm³/mol. The molecule has 0 radical (unpaired) electrons. The zero-order chi connectivity index (χ0) is 27.1. The van der Waals surface area contributed by atoms with Crippen molar-refractivity contribution in [1.29, 1.82) is 0 Å². The summed E-state index contributed by atoms with van der Waals surface area (Å²) in [6.07, 6.45) is 3.96. The van der Waals surface area contributed by atoms with Gasteiger partial charge in [0.15, 0.2) is 16.6 Å². The maximum absolute atomic E-state index is 6.84. The average molecular weight is 504 g/mol. The van der Waals surface area contributed by atoms with Crippen molar-refractivity contribution in [3.63, 3.8) is 0 Å². The molecule has 0 bridgehead atoms. The second-order valence-electron chi connectivity index (χ2n) is 11.6. The zero-order valence-corrected chi connectivity index (χ0v) is 24.1. The number of imidazole rings is 1. The molecule has 0 saturated heterocycles. The molecule has 5 aromatic rings. The van der Waals surface area contributed by atoms with Crippen LogP contribution in [0.1, 0.15) is 69.7 Å². The fourth-order valence-corrected chi connectivity index (χ4v) is 6.86. The third-order valence-electron chi connectivity index (χ3n) is 9.11. The minimum Gasteiger partial charge on any atom is -0.455 e. The van der Waals surface area contributed by atoms with Crippen LogP contribution in [-0.4, -0.2) is 4.57 Å². The van der Waals surface area contributed by atoms with E-state index in [1.54, 1.807) is 0 Å². The Kier molecular flexibility index (Phi) is 5.51. The smallest absolute Gasteiger partial charge is 0.299 e. The molecule has 2 aromatic heterocycles. The van der Waals surface area contributed by atoms with E-state index in [9.17, 15) is 0 Å². The van der Waals surface area contributed by atoms with Crippen molar-refractivity contribution in [2.75, 3.05) is 0 Å². The van der Waals surface area contributed by atoms with Gasteiger partial charge in [0.1, 0.15) is 22.4 Å². The molecule has 6 rings (SSSR count). The second kappa shape index (κ2) is 8.46. The van der Waals surface area contributed by atoms with Crippen LogP contribution in [0.4, 0.5) is 0 Å². The van der Waals surface area contributed by atoms with Crippen LogP contribution >= 0.6 is 0 Å². The molecule has 3 heterocycles. The Morgan fingerprint density at radius 1 is 1.05 bits per heavy atom. The molecule has 1 aliphatic heterocycles. The van der Waals surface area contributed by atoms with Crippen LogP contribution in [0.5, 0.6) is 0 Å². The number of hydrogen-bond acceptors (Lipinski definition) is 1. The predicted octanol–water partition coefficient (Wildman–Crippen LogP) is 9.37. The van der Waals surface area contributed by atoms with Gasteiger partial charge in [-0.15, -0.1) is 0 Å². The topological polar surface area (TPSA) is 21.9 Å². The first-order valence-electron chi connectivity index (χ1n) is 14.1. The lowest BCUT2D eigenvalue weighted by Crippen LogP contribution is -2.51. The molecule has 0 saturated carbocycles. The Morgan fingerprint density at radius 2 is 1.76 bits per heavy atom. The zero-order valence-electron chi connectivity index (χ0n) is 24.1. The summed E-state index contributed by atoms with van der Waals surface area (Å²) in [6.45, 7) is 22.3. The molecule has 3 nitrogen and oxygen atoms in total. The van der Waals surface area contributed by atoms with E-state index in [0.717, 1.165) is 24.0 Å². The van der Waals surface area contributed by atoms with Crippen molar-refractivity contribution in [2.45, 2.75) is 73.8 Å². The second-order valence-corrected chi connectivity index (χ2v) is 11.6. The summed E-state index contributed by atoms with van der Waals surface area (Å²) in [6, 6.07) is 15.8. The minimum absolute atomic E-state index is 0.190. The number of furan rings is 1. The molecule has 1 unspecified atom stereocenters. The average Bonchev–Trinajstić information content (AvgIpc) is 3.50. The number of allylic oxidation sites excluding steroid dienone is 3. The molecular formula is C35H39N2O+. The number of aryl methyl sites for hydroxylation is 3. The van der Waals surface area contributed by atoms with E-state index in [1.807, 2.05) is 0 Å². The molecule has 0 fully saturated rings. The van der Waals surface area contributed by atoms with Gasteiger partial charge in [-0.25, -0.2) is 4.57 Å². The molecule has 3 aromatic carbocycles. The number of aromatic nitrogens is 2. The molecule has 0 aliphatic carbocycles. The van der Waals surface area contributed by atoms with Gasteiger partial charge >= 0.3 is 0 Å². The monoisotopic (exact) mass is 503 g/mol. The van der Waals surface area contributed by atoms with Crippen molar-refractivity contribution in [2.24, 2.45) is 5.92 Å². The first kappa shape index (κ1) is 24.7. The van der Waals surface area contributed by atoms with Crippen LogP contribution in [0.3, 0.4) is 0 Å². The number of fused-ring (bicyclic) bond motifs is 9. The summed E-state index contributed by atoms with van der Waals surface area (Å²) < 4.78 is 12.0. The lowest BCUT2D eigenvalue weighted by Gasteiger charge is -2.22. The Morgan fingerprint density at radius 3 is 2.42 bits per heavy atom. The molecule has 38 heavy (non-hydrogen) atoms. The molecule has 0 spiro atoms. The standard InChI is InChI=1S/C35H39N2O/c1-10-24(20(4)5)27(11-2)36-28-15-13-14-16-29(28)37-34(36)32-26(35(37,9)12-3)18-23(8)31-25-17-21(6)22(7)19-30(25)38-33(31)32/h10,13-20H,1,11-12H2,2-9H3/q+1/b27-24-. The first-order chi connectivity index (χ1) is 18.2. The van der Waals surface area contributed by atoms with Crippen molar-refractivity contribution in [3.05, 3.63) is 82.9 Å². The lowest BCUT2D eigenvalue weighted by atomic mass is 9.86. The SMILES string of the molecule is C=C/C(=C(\CC)n1c2[n+](c3ccccc31)C(C)(CC)c1cc(C)c3c(oc4cc(C)c(C)cc43)c1-2)C(C)C. The highest BCUT2D eigenvalue weighted by molar-refractivity contribution is 6.12. The van der Waals surface area contributed by atoms with E-state index in [2.05, 4.69) is 120 Å². The maximum Gasteiger partial charge on any atom is 0.299 e. The lowest BCUT2D eigenvalue weighted by molar-refractivity contribution is -0.712. The van der Waals surface area contributed by atoms with E-state index in [4.69, 9.17) is 4.42 Å². The number of benzene rings is 3. The summed E-state index contributed by atoms with van der Waals surface area (Å²) in [4.78, 5) is 0. The summed E-state index contributed by atoms with van der Waals surface area (Å²) in [5.41, 5.74) is 13.3. The van der Waals surface area contributed by atoms with Crippen LogP contribution in [0.2, 0.25) is 0 Å². The van der Waals surface area contributed by atoms with Gasteiger partial charge in [-0.3, -0.25) is 0 Å². The molecule has 0 N–H and O–H groups in total. The number of para-hydroxylation sites is 2. The molecule has 194 valence electrons. The Labute approximate surface area is 226 Å². The Bertz CT molecular complexity index is 1820. The van der Waals surface area contributed by atoms with Gasteiger partial charge in [0, 0.05) is 22.8 Å². The van der Waals surface area contributed by atoms with Crippen LogP contribution in [0.25, 0.3) is 50.1 Å². The van der Waals surface area contributed by atoms with Crippen molar-refractivity contribution in [1.82, 2.24) is 4.57 Å². The third-order valence-corrected chi connectivity index (χ3v) is 9.11. The molecular weight excluding hydrogens is 464 g/mol. The van der Waals surface area contributed by atoms with E-state index >= 15 is 0 Å². The fourth-order valence-electron chi connectivity index (χ4n) is 6.86. The van der Waals surface area contributed by atoms with E-state index < -0.39 is 0 Å². The van der Waals surface area contributed by atoms with Crippen molar-refractivity contribution < 1.29 is 8.98 Å². The van der Waals surface area contributed by atoms with Crippen molar-refractivity contribution >= 4 is 38.7 Å². The van der Waals surface area contributed by atoms with E-state index in [-0.39, 0.29) is 5.54 Å². The van der Waals surface area contributed by atoms with Crippen LogP contribution < -0.4 is 4.57 Å². The van der Waals surface area contributed by atoms with Gasteiger partial charge in [-0.05, 0) is 92.6 Å². The van der Waals surface area contributed by atoms with E-state index in [0.29, 0.717) is 5.92 Å². The summed E-state index contributed by atoms with van der Waals surface area (Å²) in [5.74, 6) is 1.60. The number of nitrogens with zero attached hydrogens (tertiary/aromatic N) is 2. The first-order valence-corrected chi connectivity index (χ1v) is 14.1. The quantitative estimate of drug-likeness (QED) is 0.173. The molecule has 3 heteroatoms. The van der Waals surface area contributed by atoms with E-state index in [1.165, 1.54) is 66.7 Å². The normalized spacial score (nSPS) is 17.5. The molecule has 1 aliphatic rings. The molecule has 1 atom stereocenters. The third kappa shape index (κ3) is 3.05. The summed E-state index contributed by atoms with van der Waals surface area (Å²) in [7, 11) is 0. The van der Waals surface area contributed by atoms with Crippen molar-refractivity contribution in [3.8, 4) is 11.4 Å². The Balaban J connectivity index is 1.89. The highest BCUT2D eigenvalue weighted by Gasteiger charge is 2.50. The van der Waals surface area contributed by atoms with Gasteiger partial charge in [-0.2, -0.15) is 4.57 Å². The highest BCUT2D eigenvalue weighted by Crippen LogP contribution is 2.50. The van der Waals surface area contributed by atoms with Gasteiger partial charge < -0.3 is 4.42 Å². The number of hydrogen-bond donors (Lipinski definition) is 0. The summed E-state index contributed by atoms with van der Waals surface area (Å²) >= 11 is 0. The van der Waals surface area contributed by atoms with Crippen LogP contribution in [0.15, 0.2) is 65.1 Å².